The van der Waals surface area contributed by atoms with E-state index in [-0.39, 0.29) is 5.91 Å². The highest BCUT2D eigenvalue weighted by molar-refractivity contribution is 6.38. The summed E-state index contributed by atoms with van der Waals surface area (Å²) in [5.41, 5.74) is 3.84. The van der Waals surface area contributed by atoms with E-state index < -0.39 is 0 Å². The number of aromatic nitrogens is 3. The number of ether oxygens (including phenoxy) is 1. The van der Waals surface area contributed by atoms with E-state index in [0.29, 0.717) is 28.2 Å². The van der Waals surface area contributed by atoms with E-state index in [9.17, 15) is 4.79 Å². The molecule has 152 valence electrons. The van der Waals surface area contributed by atoms with Gasteiger partial charge in [-0.1, -0.05) is 29.3 Å². The van der Waals surface area contributed by atoms with Crippen molar-refractivity contribution in [2.45, 2.75) is 13.8 Å². The number of quaternary nitrogens is 1. The fourth-order valence-corrected chi connectivity index (χ4v) is 3.95. The van der Waals surface area contributed by atoms with Crippen molar-refractivity contribution in [2.75, 3.05) is 39.4 Å². The molecule has 2 aromatic heterocycles. The summed E-state index contributed by atoms with van der Waals surface area (Å²) in [6.07, 6.45) is 1.54. The van der Waals surface area contributed by atoms with Gasteiger partial charge in [0.15, 0.2) is 5.65 Å². The van der Waals surface area contributed by atoms with Gasteiger partial charge in [0.1, 0.15) is 13.1 Å². The molecule has 0 radical (unpaired) electrons. The van der Waals surface area contributed by atoms with Crippen molar-refractivity contribution in [3.05, 3.63) is 52.3 Å². The summed E-state index contributed by atoms with van der Waals surface area (Å²) in [5.74, 6) is -0.209. The fourth-order valence-electron chi connectivity index (χ4n) is 3.59. The number of rotatable bonds is 5. The van der Waals surface area contributed by atoms with E-state index >= 15 is 0 Å². The molecule has 1 amide bonds. The van der Waals surface area contributed by atoms with E-state index in [1.165, 1.54) is 16.7 Å². The number of pyridine rings is 1. The van der Waals surface area contributed by atoms with E-state index in [4.69, 9.17) is 16.3 Å². The Kier molecular flexibility index (Phi) is 5.80. The monoisotopic (exact) mass is 414 g/mol. The molecule has 29 heavy (non-hydrogen) atoms. The highest BCUT2D eigenvalue weighted by Gasteiger charge is 2.20. The van der Waals surface area contributed by atoms with E-state index in [1.807, 2.05) is 38.1 Å². The number of amides is 1. The minimum absolute atomic E-state index is 0.209. The van der Waals surface area contributed by atoms with Crippen LogP contribution in [-0.2, 0) is 4.74 Å². The van der Waals surface area contributed by atoms with Crippen LogP contribution in [0, 0.1) is 13.8 Å². The predicted molar refractivity (Wildman–Crippen MR) is 112 cm³/mol. The number of fused-ring (bicyclic) bond motifs is 1. The smallest absolute Gasteiger partial charge is 0.254 e. The van der Waals surface area contributed by atoms with Gasteiger partial charge in [0, 0.05) is 6.20 Å². The minimum atomic E-state index is -0.209. The van der Waals surface area contributed by atoms with Crippen LogP contribution in [0.3, 0.4) is 0 Å². The van der Waals surface area contributed by atoms with Crippen LogP contribution in [0.5, 0.6) is 0 Å². The van der Waals surface area contributed by atoms with Crippen LogP contribution < -0.4 is 10.2 Å². The van der Waals surface area contributed by atoms with Crippen LogP contribution in [-0.4, -0.2) is 60.1 Å². The number of benzene rings is 1. The van der Waals surface area contributed by atoms with Gasteiger partial charge in [-0.3, -0.25) is 4.79 Å². The molecule has 8 heteroatoms. The Morgan fingerprint density at radius 1 is 1.24 bits per heavy atom. The zero-order valence-electron chi connectivity index (χ0n) is 16.7. The lowest BCUT2D eigenvalue weighted by Crippen LogP contribution is -3.14. The maximum Gasteiger partial charge on any atom is 0.254 e. The van der Waals surface area contributed by atoms with Gasteiger partial charge in [-0.05, 0) is 26.0 Å². The SMILES string of the molecule is Cc1ccc(-n2nc(C)c3c(Cl)c(C(=O)NCC[NH+]4CCOCC4)cnc32)cc1. The van der Waals surface area contributed by atoms with Crippen LogP contribution in [0.4, 0.5) is 0 Å². The molecular formula is C21H25ClN5O2+. The lowest BCUT2D eigenvalue weighted by Gasteiger charge is -2.23. The number of aryl methyl sites for hydroxylation is 2. The number of halogens is 1. The third kappa shape index (κ3) is 4.12. The first kappa shape index (κ1) is 19.8. The molecule has 1 aliphatic heterocycles. The van der Waals surface area contributed by atoms with Crippen molar-refractivity contribution in [1.82, 2.24) is 20.1 Å². The van der Waals surface area contributed by atoms with Crippen LogP contribution in [0.15, 0.2) is 30.5 Å². The summed E-state index contributed by atoms with van der Waals surface area (Å²) in [6.45, 7) is 8.88. The van der Waals surface area contributed by atoms with Gasteiger partial charge in [0.05, 0.1) is 53.7 Å². The van der Waals surface area contributed by atoms with Crippen molar-refractivity contribution in [3.63, 3.8) is 0 Å². The molecule has 1 saturated heterocycles. The van der Waals surface area contributed by atoms with Crippen molar-refractivity contribution >= 4 is 28.5 Å². The number of nitrogens with one attached hydrogen (secondary N) is 2. The van der Waals surface area contributed by atoms with Gasteiger partial charge >= 0.3 is 0 Å². The number of carbonyl (C=O) groups excluding carboxylic acids is 1. The standard InChI is InChI=1S/C21H24ClN5O2/c1-14-3-5-16(6-4-14)27-20-18(15(2)25-27)19(22)17(13-24-20)21(28)23-7-8-26-9-11-29-12-10-26/h3-6,13H,7-12H2,1-2H3,(H,23,28)/p+1. The van der Waals surface area contributed by atoms with Crippen LogP contribution in [0.1, 0.15) is 21.6 Å². The van der Waals surface area contributed by atoms with Gasteiger partial charge in [-0.2, -0.15) is 5.10 Å². The number of hydrogen-bond donors (Lipinski definition) is 2. The Morgan fingerprint density at radius 3 is 2.69 bits per heavy atom. The third-order valence-electron chi connectivity index (χ3n) is 5.30. The summed E-state index contributed by atoms with van der Waals surface area (Å²) in [4.78, 5) is 18.6. The average molecular weight is 415 g/mol. The zero-order valence-corrected chi connectivity index (χ0v) is 17.4. The first-order valence-corrected chi connectivity index (χ1v) is 10.2. The molecule has 2 N–H and O–H groups in total. The molecule has 0 aliphatic carbocycles. The van der Waals surface area contributed by atoms with Gasteiger partial charge in [-0.25, -0.2) is 9.67 Å². The molecule has 0 bridgehead atoms. The number of nitrogens with zero attached hydrogens (tertiary/aromatic N) is 3. The molecule has 0 unspecified atom stereocenters. The average Bonchev–Trinajstić information content (AvgIpc) is 3.07. The maximum absolute atomic E-state index is 12.7. The summed E-state index contributed by atoms with van der Waals surface area (Å²) < 4.78 is 7.13. The highest BCUT2D eigenvalue weighted by Crippen LogP contribution is 2.29. The Labute approximate surface area is 174 Å². The Morgan fingerprint density at radius 2 is 1.97 bits per heavy atom. The molecule has 3 heterocycles. The Balaban J connectivity index is 1.55. The minimum Gasteiger partial charge on any atom is -0.370 e. The van der Waals surface area contributed by atoms with Crippen LogP contribution in [0.2, 0.25) is 5.02 Å². The van der Waals surface area contributed by atoms with E-state index in [2.05, 4.69) is 15.4 Å². The molecule has 4 rings (SSSR count). The van der Waals surface area contributed by atoms with Gasteiger partial charge in [0.25, 0.3) is 5.91 Å². The van der Waals surface area contributed by atoms with Crippen molar-refractivity contribution in [1.29, 1.82) is 0 Å². The van der Waals surface area contributed by atoms with Crippen molar-refractivity contribution in [3.8, 4) is 5.69 Å². The quantitative estimate of drug-likeness (QED) is 0.660. The van der Waals surface area contributed by atoms with E-state index in [0.717, 1.165) is 44.2 Å². The Hall–Kier alpha value is -2.48. The molecule has 0 spiro atoms. The van der Waals surface area contributed by atoms with Crippen LogP contribution >= 0.6 is 11.6 Å². The summed E-state index contributed by atoms with van der Waals surface area (Å²) in [6, 6.07) is 8.03. The number of morpholine rings is 1. The topological polar surface area (TPSA) is 73.5 Å². The van der Waals surface area contributed by atoms with Crippen molar-refractivity contribution in [2.24, 2.45) is 0 Å². The molecular weight excluding hydrogens is 390 g/mol. The second kappa shape index (κ2) is 8.49. The second-order valence-corrected chi connectivity index (χ2v) is 7.76. The molecule has 3 aromatic rings. The zero-order chi connectivity index (χ0) is 20.4. The molecule has 1 aromatic carbocycles. The summed E-state index contributed by atoms with van der Waals surface area (Å²) >= 11 is 6.62. The van der Waals surface area contributed by atoms with Crippen LogP contribution in [0.25, 0.3) is 16.7 Å². The van der Waals surface area contributed by atoms with Crippen molar-refractivity contribution < 1.29 is 14.4 Å². The molecule has 1 aliphatic rings. The third-order valence-corrected chi connectivity index (χ3v) is 5.69. The molecule has 1 fully saturated rings. The maximum atomic E-state index is 12.7. The molecule has 7 nitrogen and oxygen atoms in total. The number of carbonyl (C=O) groups is 1. The lowest BCUT2D eigenvalue weighted by atomic mass is 10.2. The van der Waals surface area contributed by atoms with Gasteiger partial charge in [0.2, 0.25) is 0 Å². The largest absolute Gasteiger partial charge is 0.370 e. The van der Waals surface area contributed by atoms with Gasteiger partial charge < -0.3 is 15.0 Å². The van der Waals surface area contributed by atoms with Gasteiger partial charge in [-0.15, -0.1) is 0 Å². The highest BCUT2D eigenvalue weighted by atomic mass is 35.5. The lowest BCUT2D eigenvalue weighted by molar-refractivity contribution is -0.906. The second-order valence-electron chi connectivity index (χ2n) is 7.39. The predicted octanol–water partition coefficient (Wildman–Crippen LogP) is 1.34. The molecule has 0 saturated carbocycles. The summed E-state index contributed by atoms with van der Waals surface area (Å²) in [5, 5.41) is 8.66. The normalized spacial score (nSPS) is 15.0. The fraction of sp³-hybridized carbons (Fsp3) is 0.381. The van der Waals surface area contributed by atoms with E-state index in [1.54, 1.807) is 4.68 Å². The number of hydrogen-bond acceptors (Lipinski definition) is 4. The summed E-state index contributed by atoms with van der Waals surface area (Å²) in [7, 11) is 0. The Bertz CT molecular complexity index is 1030. The first-order chi connectivity index (χ1) is 14.0. The first-order valence-electron chi connectivity index (χ1n) is 9.85. The molecule has 0 atom stereocenters.